The lowest BCUT2D eigenvalue weighted by atomic mass is 10.2. The minimum absolute atomic E-state index is 0.0966. The van der Waals surface area contributed by atoms with E-state index in [9.17, 15) is 9.18 Å². The third kappa shape index (κ3) is 5.89. The molecule has 0 aliphatic carbocycles. The van der Waals surface area contributed by atoms with Gasteiger partial charge in [-0.2, -0.15) is 0 Å². The van der Waals surface area contributed by atoms with E-state index < -0.39 is 0 Å². The topological polar surface area (TPSA) is 33.5 Å². The van der Waals surface area contributed by atoms with Crippen molar-refractivity contribution in [3.8, 4) is 0 Å². The fourth-order valence-corrected chi connectivity index (χ4v) is 3.78. The zero-order valence-corrected chi connectivity index (χ0v) is 15.1. The van der Waals surface area contributed by atoms with Crippen LogP contribution >= 0.6 is 27.3 Å². The lowest BCUT2D eigenvalue weighted by Crippen LogP contribution is -3.11. The normalized spacial score (nSPS) is 11.9. The molecule has 23 heavy (non-hydrogen) atoms. The molecule has 0 aliphatic heterocycles. The van der Waals surface area contributed by atoms with Crippen LogP contribution in [0.15, 0.2) is 52.8 Å². The summed E-state index contributed by atoms with van der Waals surface area (Å²) >= 11 is 5.11. The van der Waals surface area contributed by atoms with Crippen molar-refractivity contribution in [3.05, 3.63) is 69.1 Å². The fourth-order valence-electron chi connectivity index (χ4n) is 2.23. The molecule has 2 N–H and O–H groups in total. The summed E-state index contributed by atoms with van der Waals surface area (Å²) in [6.07, 6.45) is 1.81. The average molecular weight is 398 g/mol. The molecule has 0 saturated carbocycles. The first-order valence-corrected chi connectivity index (χ1v) is 8.88. The number of carbonyl (C=O) groups is 1. The van der Waals surface area contributed by atoms with E-state index in [1.54, 1.807) is 29.5 Å². The van der Waals surface area contributed by atoms with Gasteiger partial charge in [0.05, 0.1) is 15.2 Å². The summed E-state index contributed by atoms with van der Waals surface area (Å²) in [5, 5.41) is 2.78. The monoisotopic (exact) mass is 397 g/mol. The van der Waals surface area contributed by atoms with Crippen LogP contribution in [0.4, 0.5) is 4.39 Å². The van der Waals surface area contributed by atoms with Gasteiger partial charge in [-0.15, -0.1) is 11.3 Å². The zero-order valence-electron chi connectivity index (χ0n) is 12.6. The molecule has 1 amide bonds. The first-order chi connectivity index (χ1) is 11.1. The Bertz CT molecular complexity index is 674. The van der Waals surface area contributed by atoms with E-state index in [1.807, 2.05) is 12.1 Å². The van der Waals surface area contributed by atoms with E-state index in [0.29, 0.717) is 18.7 Å². The lowest BCUT2D eigenvalue weighted by Gasteiger charge is -2.16. The highest BCUT2D eigenvalue weighted by atomic mass is 79.9. The van der Waals surface area contributed by atoms with Gasteiger partial charge in [-0.05, 0) is 40.2 Å². The van der Waals surface area contributed by atoms with Crippen molar-refractivity contribution >= 4 is 33.2 Å². The summed E-state index contributed by atoms with van der Waals surface area (Å²) in [6.45, 7) is 5.74. The molecule has 1 unspecified atom stereocenters. The van der Waals surface area contributed by atoms with Crippen LogP contribution in [0.1, 0.15) is 10.4 Å². The van der Waals surface area contributed by atoms with E-state index in [0.717, 1.165) is 15.2 Å². The van der Waals surface area contributed by atoms with Crippen LogP contribution in [0.3, 0.4) is 0 Å². The number of carbonyl (C=O) groups excluding carboxylic acids is 1. The van der Waals surface area contributed by atoms with Crippen LogP contribution in [-0.2, 0) is 17.9 Å². The van der Waals surface area contributed by atoms with Crippen molar-refractivity contribution in [1.29, 1.82) is 0 Å². The van der Waals surface area contributed by atoms with Gasteiger partial charge in [-0.3, -0.25) is 4.79 Å². The molecular formula is C17H19BrFN2OS+. The Morgan fingerprint density at radius 3 is 2.78 bits per heavy atom. The maximum absolute atomic E-state index is 13.5. The highest BCUT2D eigenvalue weighted by molar-refractivity contribution is 9.11. The zero-order chi connectivity index (χ0) is 16.7. The summed E-state index contributed by atoms with van der Waals surface area (Å²) < 4.78 is 14.6. The van der Waals surface area contributed by atoms with Gasteiger partial charge in [0.15, 0.2) is 6.54 Å². The molecule has 0 saturated heterocycles. The minimum Gasteiger partial charge on any atom is -0.347 e. The van der Waals surface area contributed by atoms with E-state index in [2.05, 4.69) is 33.9 Å². The quantitative estimate of drug-likeness (QED) is 0.659. The number of hydrogen-bond donors (Lipinski definition) is 2. The van der Waals surface area contributed by atoms with Crippen molar-refractivity contribution in [1.82, 2.24) is 5.32 Å². The largest absolute Gasteiger partial charge is 0.347 e. The highest BCUT2D eigenvalue weighted by Gasteiger charge is 2.15. The third-order valence-electron chi connectivity index (χ3n) is 3.33. The Labute approximate surface area is 147 Å². The molecule has 0 spiro atoms. The van der Waals surface area contributed by atoms with Crippen LogP contribution < -0.4 is 10.2 Å². The third-order valence-corrected chi connectivity index (χ3v) is 4.95. The second-order valence-electron chi connectivity index (χ2n) is 5.17. The number of nitrogens with one attached hydrogen (secondary N) is 2. The molecule has 1 atom stereocenters. The summed E-state index contributed by atoms with van der Waals surface area (Å²) in [7, 11) is 0. The standard InChI is InChI=1S/C17H18BrFN2OS/c1-2-9-21(11-14-7-8-16(18)23-14)12-17(22)20-10-13-5-3-4-6-15(13)19/h2-8H,1,9-12H2,(H,20,22)/p+1. The molecule has 0 aliphatic rings. The number of hydrogen-bond acceptors (Lipinski definition) is 2. The summed E-state index contributed by atoms with van der Waals surface area (Å²) in [4.78, 5) is 14.4. The van der Waals surface area contributed by atoms with Gasteiger partial charge in [0.1, 0.15) is 12.4 Å². The van der Waals surface area contributed by atoms with Gasteiger partial charge in [0.25, 0.3) is 5.91 Å². The Morgan fingerprint density at radius 2 is 2.13 bits per heavy atom. The first kappa shape index (κ1) is 17.8. The van der Waals surface area contributed by atoms with Crippen molar-refractivity contribution in [2.75, 3.05) is 13.1 Å². The lowest BCUT2D eigenvalue weighted by molar-refractivity contribution is -0.899. The SMILES string of the molecule is C=CC[NH+](CC(=O)NCc1ccccc1F)Cc1ccc(Br)s1. The molecule has 1 aromatic carbocycles. The van der Waals surface area contributed by atoms with E-state index in [-0.39, 0.29) is 18.3 Å². The predicted molar refractivity (Wildman–Crippen MR) is 94.9 cm³/mol. The second kappa shape index (κ2) is 8.96. The van der Waals surface area contributed by atoms with Crippen molar-refractivity contribution < 1.29 is 14.1 Å². The number of rotatable bonds is 8. The number of quaternary nitrogens is 1. The van der Waals surface area contributed by atoms with Gasteiger partial charge >= 0.3 is 0 Å². The van der Waals surface area contributed by atoms with Gasteiger partial charge in [0, 0.05) is 12.1 Å². The van der Waals surface area contributed by atoms with E-state index in [1.165, 1.54) is 10.9 Å². The van der Waals surface area contributed by atoms with Crippen LogP contribution in [0.2, 0.25) is 0 Å². The average Bonchev–Trinajstić information content (AvgIpc) is 2.92. The molecule has 122 valence electrons. The van der Waals surface area contributed by atoms with Gasteiger partial charge in [0.2, 0.25) is 0 Å². The molecule has 1 heterocycles. The molecule has 6 heteroatoms. The minimum atomic E-state index is -0.300. The number of amides is 1. The summed E-state index contributed by atoms with van der Waals surface area (Å²) in [5.74, 6) is -0.396. The Hall–Kier alpha value is -1.50. The Morgan fingerprint density at radius 1 is 1.35 bits per heavy atom. The summed E-state index contributed by atoms with van der Waals surface area (Å²) in [5.41, 5.74) is 0.494. The van der Waals surface area contributed by atoms with Gasteiger partial charge in [-0.1, -0.05) is 24.8 Å². The molecule has 3 nitrogen and oxygen atoms in total. The first-order valence-electron chi connectivity index (χ1n) is 7.27. The maximum Gasteiger partial charge on any atom is 0.275 e. The molecule has 0 bridgehead atoms. The van der Waals surface area contributed by atoms with Crippen LogP contribution in [-0.4, -0.2) is 19.0 Å². The molecule has 0 fully saturated rings. The van der Waals surface area contributed by atoms with Crippen LogP contribution in [0.5, 0.6) is 0 Å². The van der Waals surface area contributed by atoms with Crippen molar-refractivity contribution in [3.63, 3.8) is 0 Å². The molecule has 2 aromatic rings. The smallest absolute Gasteiger partial charge is 0.275 e. The van der Waals surface area contributed by atoms with Crippen molar-refractivity contribution in [2.24, 2.45) is 0 Å². The van der Waals surface area contributed by atoms with E-state index in [4.69, 9.17) is 0 Å². The predicted octanol–water partition coefficient (Wildman–Crippen LogP) is 2.54. The van der Waals surface area contributed by atoms with Gasteiger partial charge in [-0.25, -0.2) is 4.39 Å². The number of halogens is 2. The maximum atomic E-state index is 13.5. The molecule has 2 rings (SSSR count). The molecule has 0 radical (unpaired) electrons. The second-order valence-corrected chi connectivity index (χ2v) is 7.72. The van der Waals surface area contributed by atoms with Crippen molar-refractivity contribution in [2.45, 2.75) is 13.1 Å². The number of benzene rings is 1. The molecule has 1 aromatic heterocycles. The van der Waals surface area contributed by atoms with E-state index >= 15 is 0 Å². The van der Waals surface area contributed by atoms with Crippen LogP contribution in [0.25, 0.3) is 0 Å². The number of thiophene rings is 1. The Balaban J connectivity index is 1.87. The highest BCUT2D eigenvalue weighted by Crippen LogP contribution is 2.21. The summed E-state index contributed by atoms with van der Waals surface area (Å²) in [6, 6.07) is 10.5. The fraction of sp³-hybridized carbons (Fsp3) is 0.235. The Kier molecular flexibility index (Phi) is 6.95. The van der Waals surface area contributed by atoms with Gasteiger partial charge < -0.3 is 10.2 Å². The van der Waals surface area contributed by atoms with Crippen LogP contribution in [0, 0.1) is 5.82 Å². The molecular weight excluding hydrogens is 379 g/mol.